The summed E-state index contributed by atoms with van der Waals surface area (Å²) < 4.78 is 25.5. The van der Waals surface area contributed by atoms with Gasteiger partial charge >= 0.3 is 0 Å². The van der Waals surface area contributed by atoms with E-state index in [2.05, 4.69) is 10.0 Å². The van der Waals surface area contributed by atoms with E-state index in [-0.39, 0.29) is 11.7 Å². The van der Waals surface area contributed by atoms with Gasteiger partial charge in [-0.2, -0.15) is 0 Å². The zero-order valence-electron chi connectivity index (χ0n) is 13.2. The molecule has 0 heterocycles. The van der Waals surface area contributed by atoms with E-state index in [0.29, 0.717) is 11.3 Å². The monoisotopic (exact) mass is 332 g/mol. The highest BCUT2D eigenvalue weighted by molar-refractivity contribution is 7.92. The predicted molar refractivity (Wildman–Crippen MR) is 93.3 cm³/mol. The predicted octanol–water partition coefficient (Wildman–Crippen LogP) is 3.26. The van der Waals surface area contributed by atoms with E-state index < -0.39 is 10.0 Å². The van der Waals surface area contributed by atoms with Crippen molar-refractivity contribution in [1.82, 2.24) is 0 Å². The molecule has 0 spiro atoms. The van der Waals surface area contributed by atoms with Gasteiger partial charge in [0.25, 0.3) is 5.91 Å². The lowest BCUT2D eigenvalue weighted by Gasteiger charge is -2.10. The molecule has 0 saturated heterocycles. The standard InChI is InChI=1S/C17H20N2O3S/c1-3-13-7-5-6-8-16(13)18-17(20)14-9-11-15(12-10-14)19-23(21,22)4-2/h5-12,19H,3-4H2,1-2H3,(H,18,20). The van der Waals surface area contributed by atoms with Crippen LogP contribution in [0.2, 0.25) is 0 Å². The maximum absolute atomic E-state index is 12.3. The lowest BCUT2D eigenvalue weighted by molar-refractivity contribution is 0.102. The molecule has 2 aromatic rings. The lowest BCUT2D eigenvalue weighted by Crippen LogP contribution is -2.15. The van der Waals surface area contributed by atoms with E-state index >= 15 is 0 Å². The average molecular weight is 332 g/mol. The van der Waals surface area contributed by atoms with Gasteiger partial charge in [-0.25, -0.2) is 8.42 Å². The zero-order valence-corrected chi connectivity index (χ0v) is 14.0. The summed E-state index contributed by atoms with van der Waals surface area (Å²) in [7, 11) is -3.31. The number of benzene rings is 2. The number of anilines is 2. The van der Waals surface area contributed by atoms with Gasteiger partial charge in [-0.05, 0) is 49.2 Å². The van der Waals surface area contributed by atoms with Crippen LogP contribution in [0.5, 0.6) is 0 Å². The average Bonchev–Trinajstić information content (AvgIpc) is 2.55. The van der Waals surface area contributed by atoms with Crippen LogP contribution >= 0.6 is 0 Å². The first-order valence-corrected chi connectivity index (χ1v) is 9.10. The lowest BCUT2D eigenvalue weighted by atomic mass is 10.1. The third-order valence-corrected chi connectivity index (χ3v) is 4.75. The van der Waals surface area contributed by atoms with Crippen molar-refractivity contribution in [2.24, 2.45) is 0 Å². The Bertz CT molecular complexity index is 784. The van der Waals surface area contributed by atoms with Crippen molar-refractivity contribution in [3.8, 4) is 0 Å². The van der Waals surface area contributed by atoms with Crippen LogP contribution in [0.25, 0.3) is 0 Å². The maximum Gasteiger partial charge on any atom is 0.255 e. The van der Waals surface area contributed by atoms with Crippen LogP contribution in [0.1, 0.15) is 29.8 Å². The maximum atomic E-state index is 12.3. The third-order valence-electron chi connectivity index (χ3n) is 3.45. The van der Waals surface area contributed by atoms with Gasteiger partial charge in [-0.3, -0.25) is 9.52 Å². The Kier molecular flexibility index (Phi) is 5.39. The second-order valence-corrected chi connectivity index (χ2v) is 7.06. The van der Waals surface area contributed by atoms with Crippen molar-refractivity contribution in [3.63, 3.8) is 0 Å². The SMILES string of the molecule is CCc1ccccc1NC(=O)c1ccc(NS(=O)(=O)CC)cc1. The minimum atomic E-state index is -3.31. The number of rotatable bonds is 6. The van der Waals surface area contributed by atoms with Gasteiger partial charge < -0.3 is 5.32 Å². The van der Waals surface area contributed by atoms with Crippen molar-refractivity contribution in [2.75, 3.05) is 15.8 Å². The summed E-state index contributed by atoms with van der Waals surface area (Å²) in [6.07, 6.45) is 0.828. The first kappa shape index (κ1) is 17.0. The van der Waals surface area contributed by atoms with Crippen LogP contribution in [0.15, 0.2) is 48.5 Å². The highest BCUT2D eigenvalue weighted by Gasteiger charge is 2.10. The number of carbonyl (C=O) groups is 1. The molecule has 0 aliphatic carbocycles. The minimum absolute atomic E-state index is 0.00302. The Labute approximate surface area is 136 Å². The van der Waals surface area contributed by atoms with Gasteiger partial charge in [0, 0.05) is 16.9 Å². The Balaban J connectivity index is 2.11. The quantitative estimate of drug-likeness (QED) is 0.852. The molecular formula is C17H20N2O3S. The molecule has 5 nitrogen and oxygen atoms in total. The highest BCUT2D eigenvalue weighted by atomic mass is 32.2. The van der Waals surface area contributed by atoms with Crippen molar-refractivity contribution >= 4 is 27.3 Å². The molecule has 0 unspecified atom stereocenters. The molecule has 2 N–H and O–H groups in total. The van der Waals surface area contributed by atoms with Gasteiger partial charge in [-0.15, -0.1) is 0 Å². The second-order valence-electron chi connectivity index (χ2n) is 5.05. The van der Waals surface area contributed by atoms with Crippen LogP contribution < -0.4 is 10.0 Å². The van der Waals surface area contributed by atoms with Gasteiger partial charge in [-0.1, -0.05) is 25.1 Å². The molecule has 0 fully saturated rings. The van der Waals surface area contributed by atoms with E-state index in [4.69, 9.17) is 0 Å². The molecule has 1 amide bonds. The van der Waals surface area contributed by atoms with E-state index in [1.165, 1.54) is 0 Å². The second kappa shape index (κ2) is 7.28. The minimum Gasteiger partial charge on any atom is -0.322 e. The Hall–Kier alpha value is -2.34. The van der Waals surface area contributed by atoms with Gasteiger partial charge in [0.05, 0.1) is 5.75 Å². The molecule has 2 rings (SSSR count). The zero-order chi connectivity index (χ0) is 16.9. The molecule has 2 aromatic carbocycles. The molecule has 23 heavy (non-hydrogen) atoms. The largest absolute Gasteiger partial charge is 0.322 e. The number of para-hydroxylation sites is 1. The summed E-state index contributed by atoms with van der Waals surface area (Å²) in [4.78, 5) is 12.3. The molecule has 6 heteroatoms. The van der Waals surface area contributed by atoms with Crippen LogP contribution in [0, 0.1) is 0 Å². The molecular weight excluding hydrogens is 312 g/mol. The van der Waals surface area contributed by atoms with Crippen LogP contribution in [-0.2, 0) is 16.4 Å². The van der Waals surface area contributed by atoms with Crippen molar-refractivity contribution in [3.05, 3.63) is 59.7 Å². The fraction of sp³-hybridized carbons (Fsp3) is 0.235. The summed E-state index contributed by atoms with van der Waals surface area (Å²) in [5, 5.41) is 2.88. The Morgan fingerprint density at radius 3 is 2.26 bits per heavy atom. The number of carbonyl (C=O) groups excluding carboxylic acids is 1. The molecule has 0 aromatic heterocycles. The number of nitrogens with one attached hydrogen (secondary N) is 2. The van der Waals surface area contributed by atoms with Gasteiger partial charge in [0.2, 0.25) is 10.0 Å². The highest BCUT2D eigenvalue weighted by Crippen LogP contribution is 2.17. The van der Waals surface area contributed by atoms with Gasteiger partial charge in [0.15, 0.2) is 0 Å². The molecule has 122 valence electrons. The molecule has 0 radical (unpaired) electrons. The number of sulfonamides is 1. The molecule has 0 aliphatic rings. The van der Waals surface area contributed by atoms with E-state index in [1.54, 1.807) is 31.2 Å². The fourth-order valence-corrected chi connectivity index (χ4v) is 2.73. The fourth-order valence-electron chi connectivity index (χ4n) is 2.09. The van der Waals surface area contributed by atoms with E-state index in [9.17, 15) is 13.2 Å². The first-order valence-electron chi connectivity index (χ1n) is 7.45. The summed E-state index contributed by atoms with van der Waals surface area (Å²) in [6.45, 7) is 3.59. The van der Waals surface area contributed by atoms with Crippen molar-refractivity contribution in [1.29, 1.82) is 0 Å². The van der Waals surface area contributed by atoms with E-state index in [0.717, 1.165) is 17.7 Å². The number of amides is 1. The van der Waals surface area contributed by atoms with Crippen molar-refractivity contribution in [2.45, 2.75) is 20.3 Å². The summed E-state index contributed by atoms with van der Waals surface area (Å²) in [5.74, 6) is -0.223. The topological polar surface area (TPSA) is 75.3 Å². The van der Waals surface area contributed by atoms with E-state index in [1.807, 2.05) is 31.2 Å². The van der Waals surface area contributed by atoms with Crippen LogP contribution in [0.3, 0.4) is 0 Å². The van der Waals surface area contributed by atoms with Crippen LogP contribution in [0.4, 0.5) is 11.4 Å². The smallest absolute Gasteiger partial charge is 0.255 e. The van der Waals surface area contributed by atoms with Crippen LogP contribution in [-0.4, -0.2) is 20.1 Å². The first-order chi connectivity index (χ1) is 10.9. The summed E-state index contributed by atoms with van der Waals surface area (Å²) >= 11 is 0. The Morgan fingerprint density at radius 2 is 1.65 bits per heavy atom. The Morgan fingerprint density at radius 1 is 1.00 bits per heavy atom. The summed E-state index contributed by atoms with van der Waals surface area (Å²) in [5.41, 5.74) is 2.76. The molecule has 0 aliphatic heterocycles. The molecule has 0 atom stereocenters. The number of aryl methyl sites for hydroxylation is 1. The molecule has 0 bridgehead atoms. The molecule has 0 saturated carbocycles. The van der Waals surface area contributed by atoms with Gasteiger partial charge in [0.1, 0.15) is 0 Å². The third kappa shape index (κ3) is 4.56. The summed E-state index contributed by atoms with van der Waals surface area (Å²) in [6, 6.07) is 14.0. The normalized spacial score (nSPS) is 11.0. The number of hydrogen-bond donors (Lipinski definition) is 2. The van der Waals surface area contributed by atoms with Crippen molar-refractivity contribution < 1.29 is 13.2 Å². The number of hydrogen-bond acceptors (Lipinski definition) is 3.